The highest BCUT2D eigenvalue weighted by Gasteiger charge is 2.24. The lowest BCUT2D eigenvalue weighted by Crippen LogP contribution is -2.29. The Bertz CT molecular complexity index is 864. The van der Waals surface area contributed by atoms with Gasteiger partial charge >= 0.3 is 0 Å². The summed E-state index contributed by atoms with van der Waals surface area (Å²) in [6, 6.07) is 10.2. The second kappa shape index (κ2) is 8.19. The van der Waals surface area contributed by atoms with Crippen LogP contribution in [0.3, 0.4) is 0 Å². The van der Waals surface area contributed by atoms with E-state index >= 15 is 0 Å². The SMILES string of the molecule is CC(=O)n1c(N)nc2c(c1=O)NCN2C.c1ccc(COCC2CO2)cc1. The maximum Gasteiger partial charge on any atom is 0.287 e. The van der Waals surface area contributed by atoms with Gasteiger partial charge in [-0.25, -0.2) is 4.57 Å². The number of nitrogens with zero attached hydrogens (tertiary/aromatic N) is 3. The molecule has 0 amide bonds. The van der Waals surface area contributed by atoms with E-state index < -0.39 is 11.5 Å². The van der Waals surface area contributed by atoms with Crippen molar-refractivity contribution in [2.75, 3.05) is 42.9 Å². The van der Waals surface area contributed by atoms with Crippen LogP contribution >= 0.6 is 0 Å². The largest absolute Gasteiger partial charge is 0.374 e. The van der Waals surface area contributed by atoms with Gasteiger partial charge in [-0.15, -0.1) is 0 Å². The van der Waals surface area contributed by atoms with Crippen molar-refractivity contribution in [1.29, 1.82) is 0 Å². The molecule has 27 heavy (non-hydrogen) atoms. The van der Waals surface area contributed by atoms with Crippen molar-refractivity contribution in [2.45, 2.75) is 19.6 Å². The van der Waals surface area contributed by atoms with Gasteiger partial charge in [0.05, 0.1) is 26.5 Å². The monoisotopic (exact) mass is 373 g/mol. The van der Waals surface area contributed by atoms with E-state index in [-0.39, 0.29) is 5.95 Å². The number of benzene rings is 1. The van der Waals surface area contributed by atoms with Crippen LogP contribution in [0.1, 0.15) is 17.3 Å². The fourth-order valence-electron chi connectivity index (χ4n) is 2.58. The summed E-state index contributed by atoms with van der Waals surface area (Å²) in [5.41, 5.74) is 6.63. The Hall–Kier alpha value is -2.91. The second-order valence-corrected chi connectivity index (χ2v) is 6.32. The normalized spacial score (nSPS) is 16.8. The third-order valence-corrected chi connectivity index (χ3v) is 4.08. The van der Waals surface area contributed by atoms with E-state index in [0.29, 0.717) is 30.9 Å². The number of epoxide rings is 1. The molecular weight excluding hydrogens is 350 g/mol. The molecule has 1 aromatic heterocycles. The summed E-state index contributed by atoms with van der Waals surface area (Å²) in [5, 5.41) is 2.86. The van der Waals surface area contributed by atoms with Crippen molar-refractivity contribution in [1.82, 2.24) is 9.55 Å². The van der Waals surface area contributed by atoms with E-state index in [2.05, 4.69) is 22.4 Å². The predicted octanol–water partition coefficient (Wildman–Crippen LogP) is 0.907. The molecule has 0 saturated carbocycles. The number of anilines is 3. The Balaban J connectivity index is 0.000000159. The lowest BCUT2D eigenvalue weighted by Gasteiger charge is -2.10. The standard InChI is InChI=1S/C10H12O2.C8H11N5O2/c1-2-4-9(5-3-1)6-11-7-10-8-12-10;1-4(14)13-7(15)5-6(11-8(13)9)12(2)3-10-5/h1-5,10H,6-8H2;10H,3H2,1-2H3,(H2,9,11). The first-order chi connectivity index (χ1) is 13.0. The number of rotatable bonds is 4. The van der Waals surface area contributed by atoms with Crippen LogP contribution < -0.4 is 21.5 Å². The fraction of sp³-hybridized carbons (Fsp3) is 0.389. The smallest absolute Gasteiger partial charge is 0.287 e. The van der Waals surface area contributed by atoms with E-state index in [1.54, 1.807) is 11.9 Å². The Morgan fingerprint density at radius 1 is 1.41 bits per heavy atom. The third kappa shape index (κ3) is 4.63. The van der Waals surface area contributed by atoms with Gasteiger partial charge in [-0.1, -0.05) is 30.3 Å². The lowest BCUT2D eigenvalue weighted by atomic mass is 10.2. The molecule has 3 heterocycles. The van der Waals surface area contributed by atoms with Crippen LogP contribution in [0.5, 0.6) is 0 Å². The van der Waals surface area contributed by atoms with E-state index in [9.17, 15) is 9.59 Å². The summed E-state index contributed by atoms with van der Waals surface area (Å²) in [6.07, 6.45) is 0.369. The molecule has 1 atom stereocenters. The highest BCUT2D eigenvalue weighted by atomic mass is 16.6. The fourth-order valence-corrected chi connectivity index (χ4v) is 2.58. The first-order valence-electron chi connectivity index (χ1n) is 8.59. The van der Waals surface area contributed by atoms with Gasteiger partial charge < -0.3 is 25.4 Å². The van der Waals surface area contributed by atoms with Gasteiger partial charge in [-0.2, -0.15) is 4.98 Å². The van der Waals surface area contributed by atoms with Gasteiger partial charge in [0.2, 0.25) is 11.9 Å². The molecule has 4 rings (SSSR count). The summed E-state index contributed by atoms with van der Waals surface area (Å²) in [7, 11) is 1.78. The molecule has 0 aliphatic carbocycles. The van der Waals surface area contributed by atoms with Gasteiger partial charge in [-0.3, -0.25) is 9.59 Å². The van der Waals surface area contributed by atoms with Gasteiger partial charge in [0, 0.05) is 14.0 Å². The number of hydrogen-bond acceptors (Lipinski definition) is 8. The maximum atomic E-state index is 11.8. The van der Waals surface area contributed by atoms with E-state index in [0.717, 1.165) is 17.8 Å². The zero-order valence-electron chi connectivity index (χ0n) is 15.3. The third-order valence-electron chi connectivity index (χ3n) is 4.08. The molecule has 0 bridgehead atoms. The highest BCUT2D eigenvalue weighted by molar-refractivity contribution is 5.82. The van der Waals surface area contributed by atoms with Gasteiger partial charge in [0.25, 0.3) is 5.56 Å². The zero-order valence-corrected chi connectivity index (χ0v) is 15.3. The van der Waals surface area contributed by atoms with E-state index in [4.69, 9.17) is 15.2 Å². The number of hydrogen-bond donors (Lipinski definition) is 2. The average Bonchev–Trinajstić information content (AvgIpc) is 3.39. The topological polar surface area (TPSA) is 115 Å². The van der Waals surface area contributed by atoms with Crippen LogP contribution in [0.15, 0.2) is 35.1 Å². The molecule has 2 aliphatic heterocycles. The Morgan fingerprint density at radius 2 is 2.11 bits per heavy atom. The number of nitrogen functional groups attached to an aromatic ring is 1. The van der Waals surface area contributed by atoms with Gasteiger partial charge in [-0.05, 0) is 5.56 Å². The molecule has 0 radical (unpaired) electrons. The molecular formula is C18H23N5O4. The summed E-state index contributed by atoms with van der Waals surface area (Å²) in [5.74, 6) is -0.0408. The molecule has 1 fully saturated rings. The van der Waals surface area contributed by atoms with Crippen molar-refractivity contribution >= 4 is 23.4 Å². The first kappa shape index (κ1) is 18.9. The minimum absolute atomic E-state index is 0.0817. The minimum Gasteiger partial charge on any atom is -0.374 e. The molecule has 3 N–H and O–H groups in total. The van der Waals surface area contributed by atoms with Gasteiger partial charge in [0.1, 0.15) is 11.8 Å². The maximum absolute atomic E-state index is 11.8. The van der Waals surface area contributed by atoms with E-state index in [1.807, 2.05) is 18.2 Å². The number of fused-ring (bicyclic) bond motifs is 1. The Labute approximate surface area is 156 Å². The number of nitrogens with two attached hydrogens (primary N) is 1. The van der Waals surface area contributed by atoms with Crippen molar-refractivity contribution in [2.24, 2.45) is 0 Å². The van der Waals surface area contributed by atoms with E-state index in [1.165, 1.54) is 12.5 Å². The van der Waals surface area contributed by atoms with Crippen molar-refractivity contribution in [3.63, 3.8) is 0 Å². The van der Waals surface area contributed by atoms with Crippen LogP contribution in [-0.4, -0.2) is 48.5 Å². The van der Waals surface area contributed by atoms with Crippen molar-refractivity contribution < 1.29 is 14.3 Å². The number of carbonyl (C=O) groups is 1. The number of carbonyl (C=O) groups excluding carboxylic acids is 1. The Morgan fingerprint density at radius 3 is 2.74 bits per heavy atom. The number of nitrogens with one attached hydrogen (secondary N) is 1. The molecule has 9 heteroatoms. The molecule has 1 aromatic carbocycles. The van der Waals surface area contributed by atoms with Crippen LogP contribution in [0, 0.1) is 0 Å². The highest BCUT2D eigenvalue weighted by Crippen LogP contribution is 2.24. The quantitative estimate of drug-likeness (QED) is 0.760. The van der Waals surface area contributed by atoms with Crippen LogP contribution in [0.4, 0.5) is 17.5 Å². The van der Waals surface area contributed by atoms with Crippen molar-refractivity contribution in [3.8, 4) is 0 Å². The minimum atomic E-state index is -0.450. The number of ether oxygens (including phenoxy) is 2. The van der Waals surface area contributed by atoms with Crippen molar-refractivity contribution in [3.05, 3.63) is 46.2 Å². The second-order valence-electron chi connectivity index (χ2n) is 6.32. The zero-order chi connectivity index (χ0) is 19.4. The summed E-state index contributed by atoms with van der Waals surface area (Å²) >= 11 is 0. The molecule has 2 aromatic rings. The summed E-state index contributed by atoms with van der Waals surface area (Å²) < 4.78 is 11.3. The molecule has 2 aliphatic rings. The molecule has 9 nitrogen and oxygen atoms in total. The Kier molecular flexibility index (Phi) is 5.72. The average molecular weight is 373 g/mol. The summed E-state index contributed by atoms with van der Waals surface area (Å²) in [6.45, 7) is 4.05. The molecule has 0 spiro atoms. The predicted molar refractivity (Wildman–Crippen MR) is 102 cm³/mol. The molecule has 1 saturated heterocycles. The van der Waals surface area contributed by atoms with Crippen LogP contribution in [0.25, 0.3) is 0 Å². The number of aromatic nitrogens is 2. The van der Waals surface area contributed by atoms with Gasteiger partial charge in [0.15, 0.2) is 5.82 Å². The first-order valence-corrected chi connectivity index (χ1v) is 8.59. The molecule has 1 unspecified atom stereocenters. The molecule has 144 valence electrons. The lowest BCUT2D eigenvalue weighted by molar-refractivity contribution is 0.0934. The van der Waals surface area contributed by atoms with Crippen LogP contribution in [0.2, 0.25) is 0 Å². The summed E-state index contributed by atoms with van der Waals surface area (Å²) in [4.78, 5) is 28.7. The van der Waals surface area contributed by atoms with Crippen LogP contribution in [-0.2, 0) is 16.1 Å².